The van der Waals surface area contributed by atoms with Gasteiger partial charge in [-0.3, -0.25) is 4.79 Å². The SMILES string of the molecule is C=CCC1CCC(N)(CC(=O)O)O1. The maximum Gasteiger partial charge on any atom is 0.307 e. The number of carboxylic acids is 1. The number of hydrogen-bond donors (Lipinski definition) is 2. The molecule has 1 rings (SSSR count). The Balaban J connectivity index is 2.45. The predicted molar refractivity (Wildman–Crippen MR) is 48.1 cm³/mol. The van der Waals surface area contributed by atoms with E-state index in [4.69, 9.17) is 15.6 Å². The van der Waals surface area contributed by atoms with Gasteiger partial charge in [-0.05, 0) is 19.3 Å². The van der Waals surface area contributed by atoms with Crippen molar-refractivity contribution in [2.75, 3.05) is 0 Å². The Bertz CT molecular complexity index is 217. The molecule has 2 unspecified atom stereocenters. The highest BCUT2D eigenvalue weighted by atomic mass is 16.5. The first kappa shape index (κ1) is 10.2. The van der Waals surface area contributed by atoms with Crippen LogP contribution in [0.2, 0.25) is 0 Å². The fraction of sp³-hybridized carbons (Fsp3) is 0.667. The molecular weight excluding hydrogens is 170 g/mol. The van der Waals surface area contributed by atoms with Gasteiger partial charge in [-0.25, -0.2) is 0 Å². The van der Waals surface area contributed by atoms with Gasteiger partial charge in [0, 0.05) is 0 Å². The first-order valence-electron chi connectivity index (χ1n) is 4.35. The quantitative estimate of drug-likeness (QED) is 0.637. The smallest absolute Gasteiger partial charge is 0.307 e. The highest BCUT2D eigenvalue weighted by Crippen LogP contribution is 2.30. The van der Waals surface area contributed by atoms with Gasteiger partial charge in [-0.2, -0.15) is 0 Å². The summed E-state index contributed by atoms with van der Waals surface area (Å²) >= 11 is 0. The number of hydrogen-bond acceptors (Lipinski definition) is 3. The Morgan fingerprint density at radius 3 is 3.08 bits per heavy atom. The molecule has 0 bridgehead atoms. The third-order valence-corrected chi connectivity index (χ3v) is 2.17. The molecule has 1 fully saturated rings. The van der Waals surface area contributed by atoms with Crippen molar-refractivity contribution in [2.24, 2.45) is 5.73 Å². The third-order valence-electron chi connectivity index (χ3n) is 2.17. The Morgan fingerprint density at radius 1 is 1.85 bits per heavy atom. The lowest BCUT2D eigenvalue weighted by Gasteiger charge is -2.22. The summed E-state index contributed by atoms with van der Waals surface area (Å²) in [6.07, 6.45) is 3.84. The third kappa shape index (κ3) is 2.82. The van der Waals surface area contributed by atoms with E-state index >= 15 is 0 Å². The summed E-state index contributed by atoms with van der Waals surface area (Å²) in [5, 5.41) is 8.58. The van der Waals surface area contributed by atoms with E-state index in [2.05, 4.69) is 6.58 Å². The van der Waals surface area contributed by atoms with Crippen molar-refractivity contribution in [3.63, 3.8) is 0 Å². The van der Waals surface area contributed by atoms with Crippen LogP contribution in [0.4, 0.5) is 0 Å². The highest BCUT2D eigenvalue weighted by molar-refractivity contribution is 5.68. The van der Waals surface area contributed by atoms with Gasteiger partial charge in [0.2, 0.25) is 0 Å². The van der Waals surface area contributed by atoms with Crippen LogP contribution in [0.3, 0.4) is 0 Å². The van der Waals surface area contributed by atoms with E-state index < -0.39 is 11.7 Å². The number of carboxylic acid groups (broad SMARTS) is 1. The van der Waals surface area contributed by atoms with Crippen LogP contribution < -0.4 is 5.73 Å². The van der Waals surface area contributed by atoms with E-state index in [1.165, 1.54) is 0 Å². The summed E-state index contributed by atoms with van der Waals surface area (Å²) in [4.78, 5) is 10.4. The van der Waals surface area contributed by atoms with Gasteiger partial charge in [0.1, 0.15) is 5.72 Å². The first-order valence-corrected chi connectivity index (χ1v) is 4.35. The number of aliphatic carboxylic acids is 1. The molecule has 0 amide bonds. The van der Waals surface area contributed by atoms with E-state index in [0.717, 1.165) is 12.8 Å². The fourth-order valence-corrected chi connectivity index (χ4v) is 1.59. The number of carbonyl (C=O) groups is 1. The lowest BCUT2D eigenvalue weighted by Crippen LogP contribution is -2.41. The molecule has 1 heterocycles. The van der Waals surface area contributed by atoms with Crippen LogP contribution in [0, 0.1) is 0 Å². The van der Waals surface area contributed by atoms with E-state index in [1.54, 1.807) is 6.08 Å². The molecule has 2 atom stereocenters. The molecule has 0 aromatic carbocycles. The lowest BCUT2D eigenvalue weighted by molar-refractivity contribution is -0.144. The van der Waals surface area contributed by atoms with E-state index in [1.807, 2.05) is 0 Å². The van der Waals surface area contributed by atoms with Crippen LogP contribution in [0.5, 0.6) is 0 Å². The van der Waals surface area contributed by atoms with E-state index in [-0.39, 0.29) is 12.5 Å². The molecule has 74 valence electrons. The average Bonchev–Trinajstić information content (AvgIpc) is 2.31. The van der Waals surface area contributed by atoms with Gasteiger partial charge in [0.15, 0.2) is 0 Å². The molecule has 4 nitrogen and oxygen atoms in total. The van der Waals surface area contributed by atoms with Crippen LogP contribution in [0.1, 0.15) is 25.7 Å². The van der Waals surface area contributed by atoms with Crippen molar-refractivity contribution in [3.05, 3.63) is 12.7 Å². The van der Waals surface area contributed by atoms with E-state index in [9.17, 15) is 4.79 Å². The Morgan fingerprint density at radius 2 is 2.54 bits per heavy atom. The van der Waals surface area contributed by atoms with E-state index in [0.29, 0.717) is 6.42 Å². The average molecular weight is 185 g/mol. The van der Waals surface area contributed by atoms with Crippen molar-refractivity contribution in [3.8, 4) is 0 Å². The zero-order valence-corrected chi connectivity index (χ0v) is 7.53. The number of nitrogens with two attached hydrogens (primary N) is 1. The largest absolute Gasteiger partial charge is 0.481 e. The molecule has 1 aliphatic heterocycles. The minimum absolute atomic E-state index is 0.0434. The normalized spacial score (nSPS) is 33.2. The van der Waals surface area contributed by atoms with Crippen molar-refractivity contribution in [2.45, 2.75) is 37.5 Å². The second-order valence-corrected chi connectivity index (χ2v) is 3.44. The predicted octanol–water partition coefficient (Wildman–Crippen LogP) is 0.871. The lowest BCUT2D eigenvalue weighted by atomic mass is 10.1. The molecule has 0 radical (unpaired) electrons. The molecule has 1 saturated heterocycles. The molecule has 3 N–H and O–H groups in total. The van der Waals surface area contributed by atoms with Crippen LogP contribution in [0.15, 0.2) is 12.7 Å². The highest BCUT2D eigenvalue weighted by Gasteiger charge is 2.37. The van der Waals surface area contributed by atoms with Gasteiger partial charge < -0.3 is 15.6 Å². The van der Waals surface area contributed by atoms with Crippen molar-refractivity contribution in [1.29, 1.82) is 0 Å². The van der Waals surface area contributed by atoms with Crippen molar-refractivity contribution < 1.29 is 14.6 Å². The van der Waals surface area contributed by atoms with Crippen molar-refractivity contribution in [1.82, 2.24) is 0 Å². The molecule has 0 aromatic heterocycles. The topological polar surface area (TPSA) is 72.6 Å². The summed E-state index contributed by atoms with van der Waals surface area (Å²) in [5.74, 6) is -0.915. The Hall–Kier alpha value is -0.870. The van der Waals surface area contributed by atoms with Gasteiger partial charge in [-0.1, -0.05) is 6.08 Å². The summed E-state index contributed by atoms with van der Waals surface area (Å²) < 4.78 is 5.43. The van der Waals surface area contributed by atoms with Crippen LogP contribution in [0.25, 0.3) is 0 Å². The molecule has 0 aromatic rings. The van der Waals surface area contributed by atoms with Crippen LogP contribution in [-0.4, -0.2) is 22.9 Å². The summed E-state index contributed by atoms with van der Waals surface area (Å²) in [6, 6.07) is 0. The summed E-state index contributed by atoms with van der Waals surface area (Å²) in [7, 11) is 0. The number of rotatable bonds is 4. The fourth-order valence-electron chi connectivity index (χ4n) is 1.59. The van der Waals surface area contributed by atoms with Crippen LogP contribution >= 0.6 is 0 Å². The maximum atomic E-state index is 10.4. The molecule has 0 aliphatic carbocycles. The molecule has 0 spiro atoms. The molecular formula is C9H15NO3. The van der Waals surface area contributed by atoms with Gasteiger partial charge in [0.25, 0.3) is 0 Å². The van der Waals surface area contributed by atoms with Crippen molar-refractivity contribution >= 4 is 5.97 Å². The first-order chi connectivity index (χ1) is 6.06. The Labute approximate surface area is 77.4 Å². The number of ether oxygens (including phenoxy) is 1. The van der Waals surface area contributed by atoms with Gasteiger partial charge >= 0.3 is 5.97 Å². The molecule has 13 heavy (non-hydrogen) atoms. The summed E-state index contributed by atoms with van der Waals surface area (Å²) in [5.41, 5.74) is 4.78. The minimum atomic E-state index is -0.959. The standard InChI is InChI=1S/C9H15NO3/c1-2-3-7-4-5-9(10,13-7)6-8(11)12/h2,7H,1,3-6,10H2,(H,11,12). The molecule has 0 saturated carbocycles. The summed E-state index contributed by atoms with van der Waals surface area (Å²) in [6.45, 7) is 3.60. The minimum Gasteiger partial charge on any atom is -0.481 e. The molecule has 4 heteroatoms. The second-order valence-electron chi connectivity index (χ2n) is 3.44. The monoisotopic (exact) mass is 185 g/mol. The zero-order valence-electron chi connectivity index (χ0n) is 7.53. The van der Waals surface area contributed by atoms with Gasteiger partial charge in [-0.15, -0.1) is 6.58 Å². The van der Waals surface area contributed by atoms with Crippen LogP contribution in [-0.2, 0) is 9.53 Å². The Kier molecular flexibility index (Phi) is 3.06. The maximum absolute atomic E-state index is 10.4. The second kappa shape index (κ2) is 3.89. The zero-order chi connectivity index (χ0) is 9.90. The molecule has 1 aliphatic rings. The van der Waals surface area contributed by atoms with Gasteiger partial charge in [0.05, 0.1) is 12.5 Å².